The molecule has 0 unspecified atom stereocenters. The van der Waals surface area contributed by atoms with E-state index in [1.807, 2.05) is 0 Å². The second kappa shape index (κ2) is 16.2. The Bertz CT molecular complexity index is 515. The molecule has 0 aromatic rings. The molecule has 0 heterocycles. The summed E-state index contributed by atoms with van der Waals surface area (Å²) in [6.45, 7) is 0. The Kier molecular flexibility index (Phi) is 19.7. The van der Waals surface area contributed by atoms with E-state index >= 15 is 0 Å². The van der Waals surface area contributed by atoms with E-state index in [-0.39, 0.29) is 26.2 Å². The van der Waals surface area contributed by atoms with E-state index in [0.717, 1.165) is 0 Å². The van der Waals surface area contributed by atoms with Crippen LogP contribution in [0.2, 0.25) is 0 Å². The van der Waals surface area contributed by atoms with Crippen molar-refractivity contribution in [1.82, 2.24) is 0 Å². The van der Waals surface area contributed by atoms with Crippen molar-refractivity contribution in [3.8, 4) is 0 Å². The van der Waals surface area contributed by atoms with E-state index in [4.69, 9.17) is 0 Å². The molecule has 0 fully saturated rings. The molecule has 29 heteroatoms. The van der Waals surface area contributed by atoms with E-state index in [2.05, 4.69) is 0 Å². The van der Waals surface area contributed by atoms with Gasteiger partial charge in [-0.3, -0.25) is 0 Å². The van der Waals surface area contributed by atoms with Gasteiger partial charge in [-0.15, -0.1) is 0 Å². The predicted molar refractivity (Wildman–Crippen MR) is 63.6 cm³/mol. The normalized spacial score (nSPS) is 14.0. The summed E-state index contributed by atoms with van der Waals surface area (Å²) in [5.74, 6) is 0. The first-order valence-corrected chi connectivity index (χ1v) is 7.79. The van der Waals surface area contributed by atoms with E-state index < -0.39 is 73.8 Å². The summed E-state index contributed by atoms with van der Waals surface area (Å²) < 4.78 is 262. The second-order valence-electron chi connectivity index (χ2n) is 5.85. The van der Waals surface area contributed by atoms with E-state index in [0.29, 0.717) is 0 Å². The van der Waals surface area contributed by atoms with Gasteiger partial charge in [0.25, 0.3) is 0 Å². The Balaban J connectivity index is -0.000000139. The molecule has 0 aliphatic carbocycles. The molecule has 0 radical (unpaired) electrons. The van der Waals surface area contributed by atoms with Gasteiger partial charge in [0.15, 0.2) is 0 Å². The molecular weight excluding hydrogens is 755 g/mol. The molecule has 248 valence electrons. The third kappa shape index (κ3) is 24.2. The van der Waals surface area contributed by atoms with Crippen LogP contribution in [0, 0.1) is 0 Å². The minimum Gasteiger partial charge on any atom is -0.839 e. The Labute approximate surface area is 226 Å². The van der Waals surface area contributed by atoms with Crippen molar-refractivity contribution in [2.24, 2.45) is 0 Å². The Morgan fingerprint density at radius 2 is 0.268 bits per heavy atom. The molecular formula is C12H4F24O4Zr. The van der Waals surface area contributed by atoms with Crippen LogP contribution in [0.15, 0.2) is 0 Å². The van der Waals surface area contributed by atoms with Crippen LogP contribution in [-0.2, 0) is 26.2 Å². The number of hydrogen-bond acceptors (Lipinski definition) is 4. The van der Waals surface area contributed by atoms with Crippen LogP contribution in [0.25, 0.3) is 0 Å². The van der Waals surface area contributed by atoms with E-state index in [9.17, 15) is 126 Å². The zero-order valence-corrected chi connectivity index (χ0v) is 20.0. The minimum absolute atomic E-state index is 0. The van der Waals surface area contributed by atoms with Gasteiger partial charge in [-0.25, -0.2) is 0 Å². The van der Waals surface area contributed by atoms with Crippen molar-refractivity contribution in [2.45, 2.75) is 73.8 Å². The topological polar surface area (TPSA) is 92.2 Å². The van der Waals surface area contributed by atoms with Crippen LogP contribution in [0.5, 0.6) is 0 Å². The molecule has 0 spiro atoms. The zero-order chi connectivity index (χ0) is 34.3. The first kappa shape index (κ1) is 49.7. The van der Waals surface area contributed by atoms with Crippen LogP contribution in [0.4, 0.5) is 105 Å². The molecule has 0 atom stereocenters. The average molecular weight is 759 g/mol. The first-order chi connectivity index (χ1) is 16.6. The standard InChI is InChI=1S/4C3HF6O.Zr/c4*4-2(5,6)1(10)3(7,8)9;/h4*1H;/q4*-1;+4. The van der Waals surface area contributed by atoms with Crippen molar-refractivity contribution in [3.63, 3.8) is 0 Å². The van der Waals surface area contributed by atoms with Gasteiger partial charge in [0.1, 0.15) is 0 Å². The molecule has 0 saturated heterocycles. The molecule has 0 rings (SSSR count). The second-order valence-corrected chi connectivity index (χ2v) is 5.85. The van der Waals surface area contributed by atoms with Crippen LogP contribution < -0.4 is 20.4 Å². The molecule has 0 aromatic carbocycles. The molecule has 0 aromatic heterocycles. The third-order valence-electron chi connectivity index (χ3n) is 2.38. The monoisotopic (exact) mass is 758 g/mol. The number of hydrogen-bond donors (Lipinski definition) is 0. The maximum absolute atomic E-state index is 10.9. The van der Waals surface area contributed by atoms with Crippen LogP contribution in [0.3, 0.4) is 0 Å². The Hall–Kier alpha value is -0.957. The summed E-state index contributed by atoms with van der Waals surface area (Å²) in [6, 6.07) is 0. The minimum atomic E-state index is -5.74. The molecule has 0 amide bonds. The van der Waals surface area contributed by atoms with Gasteiger partial charge in [-0.2, -0.15) is 105 Å². The number of alkyl halides is 24. The fourth-order valence-electron chi connectivity index (χ4n) is 0.742. The summed E-state index contributed by atoms with van der Waals surface area (Å²) in [4.78, 5) is 0. The molecule has 0 bridgehead atoms. The van der Waals surface area contributed by atoms with Crippen molar-refractivity contribution in [2.75, 3.05) is 0 Å². The SMILES string of the molecule is [O-]C(C(F)(F)F)C(F)(F)F.[O-]C(C(F)(F)F)C(F)(F)F.[O-]C(C(F)(F)F)C(F)(F)F.[O-]C(C(F)(F)F)C(F)(F)F.[Zr+4]. The fraction of sp³-hybridized carbons (Fsp3) is 1.00. The first-order valence-electron chi connectivity index (χ1n) is 7.79. The quantitative estimate of drug-likeness (QED) is 0.355. The number of rotatable bonds is 0. The van der Waals surface area contributed by atoms with Gasteiger partial charge >= 0.3 is 75.6 Å². The molecule has 0 N–H and O–H groups in total. The summed E-state index contributed by atoms with van der Waals surface area (Å²) in [6.07, 6.45) is -63.8. The molecule has 0 saturated carbocycles. The fourth-order valence-corrected chi connectivity index (χ4v) is 0.742. The van der Waals surface area contributed by atoms with Crippen molar-refractivity contribution in [1.29, 1.82) is 0 Å². The molecule has 41 heavy (non-hydrogen) atoms. The summed E-state index contributed by atoms with van der Waals surface area (Å²) in [7, 11) is 0. The van der Waals surface area contributed by atoms with Crippen LogP contribution in [0.1, 0.15) is 0 Å². The maximum Gasteiger partial charge on any atom is 4.00 e. The summed E-state index contributed by atoms with van der Waals surface area (Å²) in [5.41, 5.74) is 0. The maximum atomic E-state index is 10.9. The third-order valence-corrected chi connectivity index (χ3v) is 2.38. The molecule has 4 nitrogen and oxygen atoms in total. The van der Waals surface area contributed by atoms with Crippen molar-refractivity contribution in [3.05, 3.63) is 0 Å². The van der Waals surface area contributed by atoms with E-state index in [1.54, 1.807) is 0 Å². The Morgan fingerprint density at radius 3 is 0.268 bits per heavy atom. The number of halogens is 24. The molecule has 0 aliphatic rings. The van der Waals surface area contributed by atoms with Crippen molar-refractivity contribution >= 4 is 0 Å². The predicted octanol–water partition coefficient (Wildman–Crippen LogP) is 3.36. The largest absolute Gasteiger partial charge is 4.00 e. The van der Waals surface area contributed by atoms with Crippen LogP contribution >= 0.6 is 0 Å². The smallest absolute Gasteiger partial charge is 0.839 e. The van der Waals surface area contributed by atoms with Crippen LogP contribution in [-0.4, -0.2) is 73.8 Å². The average Bonchev–Trinajstić information content (AvgIpc) is 2.61. The van der Waals surface area contributed by atoms with E-state index in [1.165, 1.54) is 0 Å². The Morgan fingerprint density at radius 1 is 0.220 bits per heavy atom. The van der Waals surface area contributed by atoms with Crippen molar-refractivity contribution < 1.29 is 152 Å². The molecule has 0 aliphatic heterocycles. The van der Waals surface area contributed by atoms with Gasteiger partial charge in [0.05, 0.1) is 24.4 Å². The van der Waals surface area contributed by atoms with Gasteiger partial charge in [-0.05, 0) is 0 Å². The summed E-state index contributed by atoms with van der Waals surface area (Å²) >= 11 is 0. The summed E-state index contributed by atoms with van der Waals surface area (Å²) in [5, 5.41) is 37.3. The van der Waals surface area contributed by atoms with Gasteiger partial charge in [0.2, 0.25) is 0 Å². The van der Waals surface area contributed by atoms with Gasteiger partial charge in [0, 0.05) is 0 Å². The zero-order valence-electron chi connectivity index (χ0n) is 17.5. The van der Waals surface area contributed by atoms with Gasteiger partial charge in [-0.1, -0.05) is 0 Å². The van der Waals surface area contributed by atoms with Gasteiger partial charge < -0.3 is 20.4 Å².